The number of benzene rings is 2. The first-order valence-corrected chi connectivity index (χ1v) is 7.59. The fourth-order valence-electron chi connectivity index (χ4n) is 2.47. The van der Waals surface area contributed by atoms with Gasteiger partial charge >= 0.3 is 0 Å². The second kappa shape index (κ2) is 5.20. The summed E-state index contributed by atoms with van der Waals surface area (Å²) >= 11 is 18.4. The van der Waals surface area contributed by atoms with Crippen LogP contribution in [-0.4, -0.2) is 10.2 Å². The highest BCUT2D eigenvalue weighted by molar-refractivity contribution is 6.54. The molecule has 1 unspecified atom stereocenters. The van der Waals surface area contributed by atoms with Gasteiger partial charge < -0.3 is 5.32 Å². The summed E-state index contributed by atoms with van der Waals surface area (Å²) in [4.78, 5) is 12.7. The van der Waals surface area contributed by atoms with Crippen molar-refractivity contribution in [3.05, 3.63) is 65.2 Å². The molecular weight excluding hydrogens is 329 g/mol. The highest BCUT2D eigenvalue weighted by atomic mass is 35.5. The maximum Gasteiger partial charge on any atom is 0.238 e. The van der Waals surface area contributed by atoms with Crippen molar-refractivity contribution < 1.29 is 4.79 Å². The Morgan fingerprint density at radius 3 is 2.10 bits per heavy atom. The quantitative estimate of drug-likeness (QED) is 0.799. The highest BCUT2D eigenvalue weighted by Crippen LogP contribution is 2.65. The van der Waals surface area contributed by atoms with Gasteiger partial charge in [0.25, 0.3) is 0 Å². The predicted molar refractivity (Wildman–Crippen MR) is 87.3 cm³/mol. The van der Waals surface area contributed by atoms with E-state index in [2.05, 4.69) is 5.32 Å². The van der Waals surface area contributed by atoms with E-state index in [0.29, 0.717) is 17.1 Å². The van der Waals surface area contributed by atoms with Gasteiger partial charge in [-0.25, -0.2) is 0 Å². The van der Waals surface area contributed by atoms with Crippen molar-refractivity contribution in [1.82, 2.24) is 0 Å². The minimum Gasteiger partial charge on any atom is -0.325 e. The Labute approximate surface area is 138 Å². The number of hydrogen-bond donors (Lipinski definition) is 1. The molecule has 1 aliphatic rings. The van der Waals surface area contributed by atoms with Crippen LogP contribution in [-0.2, 0) is 10.2 Å². The summed E-state index contributed by atoms with van der Waals surface area (Å²) in [6.45, 7) is 0. The van der Waals surface area contributed by atoms with E-state index >= 15 is 0 Å². The number of hydrogen-bond acceptors (Lipinski definition) is 1. The third-order valence-corrected chi connectivity index (χ3v) is 4.91. The van der Waals surface area contributed by atoms with Gasteiger partial charge in [-0.2, -0.15) is 0 Å². The monoisotopic (exact) mass is 339 g/mol. The zero-order chi connectivity index (χ0) is 15.1. The molecule has 5 heteroatoms. The molecule has 1 aliphatic carbocycles. The highest BCUT2D eigenvalue weighted by Gasteiger charge is 2.72. The number of carbonyl (C=O) groups is 1. The van der Waals surface area contributed by atoms with Crippen LogP contribution < -0.4 is 5.32 Å². The normalized spacial score (nSPS) is 22.6. The maximum atomic E-state index is 12.7. The zero-order valence-corrected chi connectivity index (χ0v) is 13.2. The summed E-state index contributed by atoms with van der Waals surface area (Å²) in [6, 6.07) is 16.3. The third kappa shape index (κ3) is 2.52. The topological polar surface area (TPSA) is 29.1 Å². The summed E-state index contributed by atoms with van der Waals surface area (Å²) in [5.41, 5.74) is 0.578. The van der Waals surface area contributed by atoms with Crippen LogP contribution in [0.4, 0.5) is 5.69 Å². The maximum absolute atomic E-state index is 12.7. The largest absolute Gasteiger partial charge is 0.325 e. The van der Waals surface area contributed by atoms with Crippen molar-refractivity contribution in [3.63, 3.8) is 0 Å². The van der Waals surface area contributed by atoms with Gasteiger partial charge in [-0.05, 0) is 29.8 Å². The van der Waals surface area contributed by atoms with E-state index < -0.39 is 9.75 Å². The molecule has 0 radical (unpaired) electrons. The second-order valence-corrected chi connectivity index (χ2v) is 7.03. The zero-order valence-electron chi connectivity index (χ0n) is 10.9. The molecule has 3 rings (SSSR count). The second-order valence-electron chi connectivity index (χ2n) is 5.11. The summed E-state index contributed by atoms with van der Waals surface area (Å²) in [7, 11) is 0. The average Bonchev–Trinajstić information content (AvgIpc) is 3.07. The van der Waals surface area contributed by atoms with E-state index in [1.807, 2.05) is 30.3 Å². The standard InChI is InChI=1S/C16H12Cl3NO/c17-12-6-8-13(9-7-12)20-14(21)15(10-16(15,18)19)11-4-2-1-3-5-11/h1-9H,10H2,(H,20,21). The van der Waals surface area contributed by atoms with E-state index in [4.69, 9.17) is 34.8 Å². The van der Waals surface area contributed by atoms with Gasteiger partial charge in [0.15, 0.2) is 0 Å². The summed E-state index contributed by atoms with van der Waals surface area (Å²) in [5.74, 6) is -0.207. The molecule has 108 valence electrons. The average molecular weight is 341 g/mol. The molecule has 0 heterocycles. The summed E-state index contributed by atoms with van der Waals surface area (Å²) < 4.78 is -1.08. The number of rotatable bonds is 3. The van der Waals surface area contributed by atoms with Gasteiger partial charge in [0.2, 0.25) is 5.91 Å². The van der Waals surface area contributed by atoms with Crippen LogP contribution in [0.3, 0.4) is 0 Å². The van der Waals surface area contributed by atoms with Crippen LogP contribution in [0.25, 0.3) is 0 Å². The first-order valence-electron chi connectivity index (χ1n) is 6.46. The van der Waals surface area contributed by atoms with Crippen molar-refractivity contribution in [1.29, 1.82) is 0 Å². The molecule has 2 aromatic carbocycles. The van der Waals surface area contributed by atoms with Crippen LogP contribution in [0.15, 0.2) is 54.6 Å². The Balaban J connectivity index is 1.89. The predicted octanol–water partition coefficient (Wildman–Crippen LogP) is 4.79. The molecule has 2 aromatic rings. The van der Waals surface area contributed by atoms with E-state index in [1.54, 1.807) is 24.3 Å². The molecule has 1 saturated carbocycles. The van der Waals surface area contributed by atoms with Crippen LogP contribution in [0.1, 0.15) is 12.0 Å². The number of alkyl halides is 2. The number of anilines is 1. The molecular formula is C16H12Cl3NO. The molecule has 1 amide bonds. The molecule has 2 nitrogen and oxygen atoms in total. The van der Waals surface area contributed by atoms with Crippen molar-refractivity contribution in [2.75, 3.05) is 5.32 Å². The van der Waals surface area contributed by atoms with Gasteiger partial charge in [-0.3, -0.25) is 4.79 Å². The Morgan fingerprint density at radius 1 is 1.00 bits per heavy atom. The molecule has 21 heavy (non-hydrogen) atoms. The van der Waals surface area contributed by atoms with E-state index in [0.717, 1.165) is 5.56 Å². The molecule has 0 aromatic heterocycles. The first-order chi connectivity index (χ1) is 9.96. The molecule has 0 bridgehead atoms. The van der Waals surface area contributed by atoms with Crippen LogP contribution in [0, 0.1) is 0 Å². The van der Waals surface area contributed by atoms with E-state index in [1.165, 1.54) is 0 Å². The molecule has 0 aliphatic heterocycles. The molecule has 1 atom stereocenters. The lowest BCUT2D eigenvalue weighted by atomic mass is 9.94. The molecule has 1 fully saturated rings. The lowest BCUT2D eigenvalue weighted by Crippen LogP contribution is -2.32. The number of halogens is 3. The lowest BCUT2D eigenvalue weighted by Gasteiger charge is -2.18. The molecule has 0 spiro atoms. The lowest BCUT2D eigenvalue weighted by molar-refractivity contribution is -0.118. The van der Waals surface area contributed by atoms with Crippen LogP contribution >= 0.6 is 34.8 Å². The van der Waals surface area contributed by atoms with Crippen LogP contribution in [0.2, 0.25) is 5.02 Å². The van der Waals surface area contributed by atoms with Crippen molar-refractivity contribution in [2.24, 2.45) is 0 Å². The number of carbonyl (C=O) groups excluding carboxylic acids is 1. The van der Waals surface area contributed by atoms with E-state index in [-0.39, 0.29) is 5.91 Å². The molecule has 1 N–H and O–H groups in total. The summed E-state index contributed by atoms with van der Waals surface area (Å²) in [5, 5.41) is 3.47. The van der Waals surface area contributed by atoms with Gasteiger partial charge in [0.05, 0.1) is 0 Å². The Kier molecular flexibility index (Phi) is 3.64. The van der Waals surface area contributed by atoms with E-state index in [9.17, 15) is 4.79 Å². The van der Waals surface area contributed by atoms with Crippen molar-refractivity contribution in [3.8, 4) is 0 Å². The smallest absolute Gasteiger partial charge is 0.238 e. The van der Waals surface area contributed by atoms with Gasteiger partial charge in [0, 0.05) is 17.1 Å². The Morgan fingerprint density at radius 2 is 1.57 bits per heavy atom. The fourth-order valence-corrected chi connectivity index (χ4v) is 3.39. The summed E-state index contributed by atoms with van der Waals surface area (Å²) in [6.07, 6.45) is 0.395. The van der Waals surface area contributed by atoms with Gasteiger partial charge in [-0.15, -0.1) is 23.2 Å². The van der Waals surface area contributed by atoms with Crippen molar-refractivity contribution in [2.45, 2.75) is 16.2 Å². The van der Waals surface area contributed by atoms with Crippen LogP contribution in [0.5, 0.6) is 0 Å². The fraction of sp³-hybridized carbons (Fsp3) is 0.188. The Bertz CT molecular complexity index is 670. The van der Waals surface area contributed by atoms with Gasteiger partial charge in [-0.1, -0.05) is 41.9 Å². The molecule has 0 saturated heterocycles. The number of amides is 1. The van der Waals surface area contributed by atoms with Crippen molar-refractivity contribution >= 4 is 46.4 Å². The minimum atomic E-state index is -1.08. The SMILES string of the molecule is O=C(Nc1ccc(Cl)cc1)C1(c2ccccc2)CC1(Cl)Cl. The third-order valence-electron chi connectivity index (χ3n) is 3.74. The first kappa shape index (κ1) is 14.7. The minimum absolute atomic E-state index is 0.207. The van der Waals surface area contributed by atoms with Gasteiger partial charge in [0.1, 0.15) is 9.75 Å². The Hall–Kier alpha value is -1.22. The number of nitrogens with one attached hydrogen (secondary N) is 1.